The number of nitrogens with one attached hydrogen (secondary N) is 2. The number of aromatic nitrogens is 2. The Labute approximate surface area is 187 Å². The number of halogens is 2. The molecule has 2 atom stereocenters. The summed E-state index contributed by atoms with van der Waals surface area (Å²) in [7, 11) is 0. The number of aromatic carboxylic acids is 1. The molecule has 2 heterocycles. The van der Waals surface area contributed by atoms with Crippen molar-refractivity contribution in [1.82, 2.24) is 9.38 Å². The fourth-order valence-electron chi connectivity index (χ4n) is 3.77. The van der Waals surface area contributed by atoms with Crippen LogP contribution in [-0.4, -0.2) is 32.9 Å². The van der Waals surface area contributed by atoms with Crippen LogP contribution in [0.5, 0.6) is 0 Å². The van der Waals surface area contributed by atoms with Gasteiger partial charge >= 0.3 is 5.97 Å². The van der Waals surface area contributed by atoms with Crippen molar-refractivity contribution in [2.75, 3.05) is 17.2 Å². The summed E-state index contributed by atoms with van der Waals surface area (Å²) in [6.07, 6.45) is 1.30. The van der Waals surface area contributed by atoms with Crippen molar-refractivity contribution >= 4 is 23.1 Å². The third kappa shape index (κ3) is 4.22. The lowest BCUT2D eigenvalue weighted by molar-refractivity contribution is 0.0697. The maximum Gasteiger partial charge on any atom is 0.337 e. The lowest BCUT2D eigenvalue weighted by Gasteiger charge is -2.20. The minimum absolute atomic E-state index is 0.0477. The van der Waals surface area contributed by atoms with Gasteiger partial charge in [-0.3, -0.25) is 9.20 Å². The number of rotatable bonds is 7. The minimum Gasteiger partial charge on any atom is -0.478 e. The zero-order chi connectivity index (χ0) is 23.9. The third-order valence-electron chi connectivity index (χ3n) is 5.67. The van der Waals surface area contributed by atoms with Gasteiger partial charge in [0.2, 0.25) is 0 Å². The van der Waals surface area contributed by atoms with Gasteiger partial charge in [-0.25, -0.2) is 18.6 Å². The first kappa shape index (κ1) is 22.2. The number of hydrogen-bond acceptors (Lipinski definition) is 6. The van der Waals surface area contributed by atoms with Crippen LogP contribution in [0.1, 0.15) is 46.4 Å². The molecular weight excluding hydrogens is 432 g/mol. The van der Waals surface area contributed by atoms with Crippen molar-refractivity contribution in [1.29, 1.82) is 5.26 Å². The Morgan fingerprint density at radius 1 is 1.42 bits per heavy atom. The van der Waals surface area contributed by atoms with Gasteiger partial charge in [-0.1, -0.05) is 12.1 Å². The van der Waals surface area contributed by atoms with E-state index in [0.717, 1.165) is 5.56 Å². The van der Waals surface area contributed by atoms with E-state index in [2.05, 4.69) is 15.6 Å². The maximum absolute atomic E-state index is 13.3. The van der Waals surface area contributed by atoms with E-state index >= 15 is 0 Å². The Bertz CT molecular complexity index is 1360. The second-order valence-electron chi connectivity index (χ2n) is 8.18. The number of nitrogens with zero attached hydrogens (tertiary/aromatic N) is 3. The highest BCUT2D eigenvalue weighted by Gasteiger charge is 2.56. The summed E-state index contributed by atoms with van der Waals surface area (Å²) in [5, 5.41) is 24.8. The molecular formula is C23H21F2N5O3. The van der Waals surface area contributed by atoms with Gasteiger partial charge in [-0.15, -0.1) is 0 Å². The Kier molecular flexibility index (Phi) is 5.49. The molecule has 1 fully saturated rings. The fraction of sp³-hybridized carbons (Fsp3) is 0.304. The van der Waals surface area contributed by atoms with Gasteiger partial charge in [-0.2, -0.15) is 5.26 Å². The van der Waals surface area contributed by atoms with Crippen LogP contribution in [0.3, 0.4) is 0 Å². The SMILES string of the molecule is Cc1cc([C@@H](C)Nc2ccccc2C(=O)O)c2nc(NC[C@H]3CC3(F)F)c(C#N)c(=O)n2c1. The summed E-state index contributed by atoms with van der Waals surface area (Å²) < 4.78 is 27.8. The quantitative estimate of drug-likeness (QED) is 0.498. The van der Waals surface area contributed by atoms with E-state index < -0.39 is 29.4 Å². The van der Waals surface area contributed by atoms with Gasteiger partial charge in [0.15, 0.2) is 11.4 Å². The largest absolute Gasteiger partial charge is 0.478 e. The molecule has 8 nitrogen and oxygen atoms in total. The van der Waals surface area contributed by atoms with Crippen LogP contribution in [0.4, 0.5) is 20.3 Å². The van der Waals surface area contributed by atoms with Crippen LogP contribution in [0.2, 0.25) is 0 Å². The van der Waals surface area contributed by atoms with Crippen molar-refractivity contribution in [3.8, 4) is 6.07 Å². The predicted molar refractivity (Wildman–Crippen MR) is 118 cm³/mol. The Morgan fingerprint density at radius 2 is 2.12 bits per heavy atom. The van der Waals surface area contributed by atoms with E-state index in [1.54, 1.807) is 44.3 Å². The van der Waals surface area contributed by atoms with E-state index in [4.69, 9.17) is 0 Å². The Balaban J connectivity index is 1.77. The van der Waals surface area contributed by atoms with E-state index in [1.165, 1.54) is 10.5 Å². The first-order valence-electron chi connectivity index (χ1n) is 10.3. The number of anilines is 2. The van der Waals surface area contributed by atoms with Crippen molar-refractivity contribution in [3.05, 3.63) is 69.1 Å². The highest BCUT2D eigenvalue weighted by Crippen LogP contribution is 2.48. The topological polar surface area (TPSA) is 120 Å². The Hall–Kier alpha value is -4.00. The smallest absolute Gasteiger partial charge is 0.337 e. The van der Waals surface area contributed by atoms with E-state index in [1.807, 2.05) is 6.07 Å². The number of carboxylic acids is 1. The molecule has 1 aliphatic carbocycles. The number of nitriles is 1. The second kappa shape index (κ2) is 8.16. The predicted octanol–water partition coefficient (Wildman–Crippen LogP) is 3.81. The number of pyridine rings is 1. The minimum atomic E-state index is -2.75. The molecule has 0 aliphatic heterocycles. The van der Waals surface area contributed by atoms with Gasteiger partial charge in [0.1, 0.15) is 11.7 Å². The lowest BCUT2D eigenvalue weighted by Crippen LogP contribution is -2.24. The molecule has 1 saturated carbocycles. The normalized spacial score (nSPS) is 17.2. The van der Waals surface area contributed by atoms with Crippen molar-refractivity contribution in [3.63, 3.8) is 0 Å². The van der Waals surface area contributed by atoms with Crippen LogP contribution >= 0.6 is 0 Å². The Morgan fingerprint density at radius 3 is 2.76 bits per heavy atom. The molecule has 4 rings (SSSR count). The van der Waals surface area contributed by atoms with Gasteiger partial charge in [0, 0.05) is 36.3 Å². The molecule has 170 valence electrons. The zero-order valence-electron chi connectivity index (χ0n) is 17.9. The molecule has 0 saturated heterocycles. The summed E-state index contributed by atoms with van der Waals surface area (Å²) in [5.41, 5.74) is 1.15. The molecule has 0 unspecified atom stereocenters. The molecule has 0 spiro atoms. The number of benzene rings is 1. The molecule has 3 aromatic rings. The average molecular weight is 453 g/mol. The molecule has 2 aromatic heterocycles. The van der Waals surface area contributed by atoms with Gasteiger partial charge < -0.3 is 15.7 Å². The van der Waals surface area contributed by atoms with Crippen molar-refractivity contribution < 1.29 is 18.7 Å². The third-order valence-corrected chi connectivity index (χ3v) is 5.67. The van der Waals surface area contributed by atoms with E-state index in [0.29, 0.717) is 11.3 Å². The van der Waals surface area contributed by atoms with Crippen molar-refractivity contribution in [2.45, 2.75) is 32.2 Å². The molecule has 0 radical (unpaired) electrons. The summed E-state index contributed by atoms with van der Waals surface area (Å²) in [6.45, 7) is 3.46. The lowest BCUT2D eigenvalue weighted by atomic mass is 10.1. The molecule has 0 amide bonds. The highest BCUT2D eigenvalue weighted by molar-refractivity contribution is 5.94. The molecule has 0 bridgehead atoms. The number of fused-ring (bicyclic) bond motifs is 1. The summed E-state index contributed by atoms with van der Waals surface area (Å²) in [6, 6.07) is 9.58. The monoisotopic (exact) mass is 453 g/mol. The van der Waals surface area contributed by atoms with Crippen molar-refractivity contribution in [2.24, 2.45) is 5.92 Å². The average Bonchev–Trinajstić information content (AvgIpc) is 3.38. The van der Waals surface area contributed by atoms with Gasteiger partial charge in [0.05, 0.1) is 11.6 Å². The van der Waals surface area contributed by atoms with E-state index in [-0.39, 0.29) is 35.6 Å². The van der Waals surface area contributed by atoms with Gasteiger partial charge in [-0.05, 0) is 37.6 Å². The van der Waals surface area contributed by atoms with Crippen LogP contribution < -0.4 is 16.2 Å². The van der Waals surface area contributed by atoms with Gasteiger partial charge in [0.25, 0.3) is 11.5 Å². The first-order valence-corrected chi connectivity index (χ1v) is 10.3. The number of para-hydroxylation sites is 1. The summed E-state index contributed by atoms with van der Waals surface area (Å²) >= 11 is 0. The second-order valence-corrected chi connectivity index (χ2v) is 8.18. The fourth-order valence-corrected chi connectivity index (χ4v) is 3.77. The number of hydrogen-bond donors (Lipinski definition) is 3. The van der Waals surface area contributed by atoms with Crippen LogP contribution in [0.25, 0.3) is 5.65 Å². The van der Waals surface area contributed by atoms with E-state index in [9.17, 15) is 28.7 Å². The summed E-state index contributed by atoms with van der Waals surface area (Å²) in [5.74, 6) is -4.75. The van der Waals surface area contributed by atoms with Crippen LogP contribution in [-0.2, 0) is 0 Å². The molecule has 3 N–H and O–H groups in total. The van der Waals surface area contributed by atoms with Crippen LogP contribution in [0.15, 0.2) is 41.3 Å². The standard InChI is InChI=1S/C23H21F2N5O3/c1-12-7-16(13(2)28-18-6-4-3-5-15(18)22(32)33)20-29-19(27-10-14-8-23(14,24)25)17(9-26)21(31)30(20)11-12/h3-7,11,13-14,27-28H,8,10H2,1-2H3,(H,32,33)/t13-,14-/m1/s1. The number of alkyl halides is 2. The highest BCUT2D eigenvalue weighted by atomic mass is 19.3. The number of aryl methyl sites for hydroxylation is 1. The number of carbonyl (C=O) groups is 1. The molecule has 10 heteroatoms. The zero-order valence-corrected chi connectivity index (χ0v) is 17.9. The maximum atomic E-state index is 13.3. The first-order chi connectivity index (χ1) is 15.6. The molecule has 1 aliphatic rings. The number of carboxylic acid groups (broad SMARTS) is 1. The molecule has 33 heavy (non-hydrogen) atoms. The molecule has 1 aromatic carbocycles. The summed E-state index contributed by atoms with van der Waals surface area (Å²) in [4.78, 5) is 29.0. The van der Waals surface area contributed by atoms with Crippen LogP contribution in [0, 0.1) is 24.2 Å².